The summed E-state index contributed by atoms with van der Waals surface area (Å²) in [6.45, 7) is 5.85. The van der Waals surface area contributed by atoms with Gasteiger partial charge in [-0.1, -0.05) is 24.3 Å². The van der Waals surface area contributed by atoms with Gasteiger partial charge in [0.05, 0.1) is 4.90 Å². The van der Waals surface area contributed by atoms with Crippen LogP contribution in [0.3, 0.4) is 0 Å². The number of nitrogens with zero attached hydrogens (tertiary/aromatic N) is 1. The van der Waals surface area contributed by atoms with E-state index in [9.17, 15) is 8.42 Å². The van der Waals surface area contributed by atoms with Gasteiger partial charge < -0.3 is 0 Å². The smallest absolute Gasteiger partial charge is 0.207 e. The van der Waals surface area contributed by atoms with Crippen molar-refractivity contribution >= 4 is 21.6 Å². The van der Waals surface area contributed by atoms with Crippen LogP contribution in [-0.4, -0.2) is 32.2 Å². The number of sulfonamides is 1. The third-order valence-electron chi connectivity index (χ3n) is 2.51. The number of likely N-dealkylation sites (N-methyl/N-ethyl adjacent to an activating group) is 1. The molecule has 5 heteroatoms. The molecule has 0 saturated carbocycles. The number of aryl methyl sites for hydroxylation is 1. The molecule has 0 bridgehead atoms. The van der Waals surface area contributed by atoms with Crippen molar-refractivity contribution in [3.63, 3.8) is 0 Å². The third-order valence-corrected chi connectivity index (χ3v) is 4.51. The van der Waals surface area contributed by atoms with E-state index in [1.807, 2.05) is 0 Å². The van der Waals surface area contributed by atoms with E-state index in [0.29, 0.717) is 17.3 Å². The fourth-order valence-electron chi connectivity index (χ4n) is 1.58. The predicted octanol–water partition coefficient (Wildman–Crippen LogP) is 2.66. The van der Waals surface area contributed by atoms with Crippen LogP contribution >= 0.6 is 11.6 Å². The molecule has 1 rings (SSSR count). The maximum absolute atomic E-state index is 12.2. The molecule has 0 atom stereocenters. The first-order chi connectivity index (χ1) is 8.37. The lowest BCUT2D eigenvalue weighted by molar-refractivity contribution is 0.493. The second kappa shape index (κ2) is 6.36. The van der Waals surface area contributed by atoms with Crippen LogP contribution < -0.4 is 0 Å². The Morgan fingerprint density at radius 2 is 1.89 bits per heavy atom. The zero-order valence-corrected chi connectivity index (χ0v) is 12.3. The lowest BCUT2D eigenvalue weighted by atomic mass is 10.2. The first-order valence-electron chi connectivity index (χ1n) is 5.63. The van der Waals surface area contributed by atoms with Crippen molar-refractivity contribution < 1.29 is 8.42 Å². The molecule has 0 N–H and O–H groups in total. The van der Waals surface area contributed by atoms with Crippen molar-refractivity contribution in [3.05, 3.63) is 42.0 Å². The minimum atomic E-state index is -3.43. The molecule has 0 saturated heterocycles. The van der Waals surface area contributed by atoms with E-state index in [4.69, 9.17) is 11.6 Å². The minimum Gasteiger partial charge on any atom is -0.207 e. The van der Waals surface area contributed by atoms with E-state index in [0.717, 1.165) is 17.6 Å². The fourth-order valence-corrected chi connectivity index (χ4v) is 3.03. The molecule has 18 heavy (non-hydrogen) atoms. The number of hydrogen-bond donors (Lipinski definition) is 0. The first kappa shape index (κ1) is 15.2. The third kappa shape index (κ3) is 3.83. The Kier molecular flexibility index (Phi) is 5.38. The average molecular weight is 288 g/mol. The normalized spacial score (nSPS) is 11.8. The molecule has 0 aliphatic carbocycles. The zero-order chi connectivity index (χ0) is 13.8. The minimum absolute atomic E-state index is 0.296. The second-order valence-corrected chi connectivity index (χ2v) is 6.72. The summed E-state index contributed by atoms with van der Waals surface area (Å²) in [5.74, 6) is 0.529. The number of hydrogen-bond acceptors (Lipinski definition) is 2. The molecule has 1 aromatic carbocycles. The monoisotopic (exact) mass is 287 g/mol. The Labute approximate surface area is 114 Å². The van der Waals surface area contributed by atoms with Gasteiger partial charge in [0, 0.05) is 19.5 Å². The summed E-state index contributed by atoms with van der Waals surface area (Å²) in [7, 11) is -1.87. The Morgan fingerprint density at radius 3 is 2.33 bits per heavy atom. The second-order valence-electron chi connectivity index (χ2n) is 4.30. The summed E-state index contributed by atoms with van der Waals surface area (Å²) in [6.07, 6.45) is 0.740. The van der Waals surface area contributed by atoms with Gasteiger partial charge in [0.1, 0.15) is 0 Å². The molecule has 100 valence electrons. The summed E-state index contributed by atoms with van der Waals surface area (Å²) in [5.41, 5.74) is 1.84. The molecule has 0 spiro atoms. The first-order valence-corrected chi connectivity index (χ1v) is 7.61. The van der Waals surface area contributed by atoms with Gasteiger partial charge in [-0.15, -0.1) is 11.6 Å². The van der Waals surface area contributed by atoms with Gasteiger partial charge in [-0.2, -0.15) is 4.31 Å². The van der Waals surface area contributed by atoms with E-state index in [1.54, 1.807) is 38.2 Å². The van der Waals surface area contributed by atoms with Crippen molar-refractivity contribution in [2.45, 2.75) is 18.2 Å². The van der Waals surface area contributed by atoms with Crippen LogP contribution in [-0.2, 0) is 16.4 Å². The molecule has 0 aliphatic heterocycles. The van der Waals surface area contributed by atoms with E-state index >= 15 is 0 Å². The van der Waals surface area contributed by atoms with Crippen LogP contribution in [0, 0.1) is 0 Å². The highest BCUT2D eigenvalue weighted by atomic mass is 35.5. The Balaban J connectivity index is 2.94. The summed E-state index contributed by atoms with van der Waals surface area (Å²) in [6, 6.07) is 6.83. The van der Waals surface area contributed by atoms with Gasteiger partial charge in [-0.05, 0) is 31.0 Å². The predicted molar refractivity (Wildman–Crippen MR) is 75.5 cm³/mol. The van der Waals surface area contributed by atoms with Crippen molar-refractivity contribution in [2.24, 2.45) is 0 Å². The zero-order valence-electron chi connectivity index (χ0n) is 10.7. The molecule has 0 unspecified atom stereocenters. The Hall–Kier alpha value is -0.840. The number of rotatable bonds is 6. The van der Waals surface area contributed by atoms with Gasteiger partial charge >= 0.3 is 0 Å². The van der Waals surface area contributed by atoms with Crippen molar-refractivity contribution in [1.29, 1.82) is 0 Å². The standard InChI is InChI=1S/C13H18ClNO2S/c1-11(2)10-15(3)18(16,17)13-6-4-12(5-7-13)8-9-14/h4-7H,1,8-10H2,2-3H3. The highest BCUT2D eigenvalue weighted by Gasteiger charge is 2.20. The number of halogens is 1. The SMILES string of the molecule is C=C(C)CN(C)S(=O)(=O)c1ccc(CCCl)cc1. The lowest BCUT2D eigenvalue weighted by Crippen LogP contribution is -2.28. The van der Waals surface area contributed by atoms with E-state index in [-0.39, 0.29) is 0 Å². The molecular weight excluding hydrogens is 270 g/mol. The summed E-state index contributed by atoms with van der Waals surface area (Å²) < 4.78 is 25.7. The maximum Gasteiger partial charge on any atom is 0.243 e. The maximum atomic E-state index is 12.2. The highest BCUT2D eigenvalue weighted by Crippen LogP contribution is 2.16. The molecule has 0 aromatic heterocycles. The molecule has 0 aliphatic rings. The van der Waals surface area contributed by atoms with Crippen molar-refractivity contribution in [2.75, 3.05) is 19.5 Å². The van der Waals surface area contributed by atoms with Crippen LogP contribution in [0.5, 0.6) is 0 Å². The van der Waals surface area contributed by atoms with Gasteiger partial charge in [0.2, 0.25) is 10.0 Å². The van der Waals surface area contributed by atoms with Crippen LogP contribution in [0.4, 0.5) is 0 Å². The summed E-state index contributed by atoms with van der Waals surface area (Å²) >= 11 is 5.64. The van der Waals surface area contributed by atoms with Gasteiger partial charge in [-0.3, -0.25) is 0 Å². The van der Waals surface area contributed by atoms with E-state index in [1.165, 1.54) is 4.31 Å². The van der Waals surface area contributed by atoms with E-state index < -0.39 is 10.0 Å². The topological polar surface area (TPSA) is 37.4 Å². The molecule has 0 heterocycles. The molecule has 3 nitrogen and oxygen atoms in total. The van der Waals surface area contributed by atoms with Gasteiger partial charge in [-0.25, -0.2) is 8.42 Å². The number of alkyl halides is 1. The van der Waals surface area contributed by atoms with E-state index in [2.05, 4.69) is 6.58 Å². The van der Waals surface area contributed by atoms with Crippen LogP contribution in [0.2, 0.25) is 0 Å². The quantitative estimate of drug-likeness (QED) is 0.596. The highest BCUT2D eigenvalue weighted by molar-refractivity contribution is 7.89. The number of benzene rings is 1. The molecule has 1 aromatic rings. The van der Waals surface area contributed by atoms with Crippen LogP contribution in [0.25, 0.3) is 0 Å². The fraction of sp³-hybridized carbons (Fsp3) is 0.385. The van der Waals surface area contributed by atoms with Gasteiger partial charge in [0.25, 0.3) is 0 Å². The Morgan fingerprint density at radius 1 is 1.33 bits per heavy atom. The molecule has 0 amide bonds. The molecule has 0 radical (unpaired) electrons. The molecule has 0 fully saturated rings. The summed E-state index contributed by atoms with van der Waals surface area (Å²) in [5, 5.41) is 0. The lowest BCUT2D eigenvalue weighted by Gasteiger charge is -2.17. The van der Waals surface area contributed by atoms with Crippen molar-refractivity contribution in [3.8, 4) is 0 Å². The van der Waals surface area contributed by atoms with Gasteiger partial charge in [0.15, 0.2) is 0 Å². The van der Waals surface area contributed by atoms with Crippen LogP contribution in [0.15, 0.2) is 41.3 Å². The van der Waals surface area contributed by atoms with Crippen molar-refractivity contribution in [1.82, 2.24) is 4.31 Å². The van der Waals surface area contributed by atoms with Crippen LogP contribution in [0.1, 0.15) is 12.5 Å². The largest absolute Gasteiger partial charge is 0.243 e. The summed E-state index contributed by atoms with van der Waals surface area (Å²) in [4.78, 5) is 0.296. The molecular formula is C13H18ClNO2S. The Bertz CT molecular complexity index is 508. The average Bonchev–Trinajstić information content (AvgIpc) is 2.29.